The van der Waals surface area contributed by atoms with Gasteiger partial charge in [-0.1, -0.05) is 12.1 Å². The molecular formula is C22H22N4O5S. The average molecular weight is 455 g/mol. The highest BCUT2D eigenvalue weighted by molar-refractivity contribution is 7.89. The molecule has 9 nitrogen and oxygen atoms in total. The van der Waals surface area contributed by atoms with E-state index in [1.54, 1.807) is 36.7 Å². The topological polar surface area (TPSA) is 119 Å². The predicted octanol–water partition coefficient (Wildman–Crippen LogP) is 2.52. The number of aromatic nitrogens is 2. The lowest BCUT2D eigenvalue weighted by molar-refractivity contribution is -0.116. The van der Waals surface area contributed by atoms with E-state index in [1.165, 1.54) is 44.4 Å². The van der Waals surface area contributed by atoms with Crippen LogP contribution in [-0.4, -0.2) is 48.0 Å². The van der Waals surface area contributed by atoms with E-state index >= 15 is 0 Å². The molecule has 1 aromatic carbocycles. The smallest absolute Gasteiger partial charge is 0.243 e. The van der Waals surface area contributed by atoms with E-state index in [2.05, 4.69) is 15.3 Å². The fraction of sp³-hybridized carbons (Fsp3) is 0.182. The summed E-state index contributed by atoms with van der Waals surface area (Å²) in [6.45, 7) is 1.21. The third kappa shape index (κ3) is 5.74. The first kappa shape index (κ1) is 23.0. The molecule has 0 unspecified atom stereocenters. The molecule has 3 aromatic rings. The number of nitrogens with one attached hydrogen (secondary N) is 1. The van der Waals surface area contributed by atoms with Crippen molar-refractivity contribution in [1.29, 1.82) is 0 Å². The lowest BCUT2D eigenvalue weighted by Crippen LogP contribution is -2.35. The second kappa shape index (κ2) is 10.1. The number of pyridine rings is 2. The Labute approximate surface area is 186 Å². The number of hydrogen-bond acceptors (Lipinski definition) is 7. The van der Waals surface area contributed by atoms with E-state index in [0.29, 0.717) is 11.3 Å². The van der Waals surface area contributed by atoms with Crippen molar-refractivity contribution in [1.82, 2.24) is 14.3 Å². The molecule has 0 aliphatic rings. The molecule has 166 valence electrons. The first-order valence-electron chi connectivity index (χ1n) is 9.61. The first-order chi connectivity index (χ1) is 15.3. The standard InChI is InChI=1S/C22H22N4O5S/c1-16(27)18-5-7-19(8-6-18)32(29,30)26(2)14-21(28)25-22-20(4-3-11-24-22)31-15-17-9-12-23-13-10-17/h3-13H,14-15H2,1-2H3,(H,24,25,28). The number of carbonyl (C=O) groups excluding carboxylic acids is 2. The van der Waals surface area contributed by atoms with Gasteiger partial charge >= 0.3 is 0 Å². The molecule has 0 aliphatic carbocycles. The molecule has 2 aromatic heterocycles. The number of amides is 1. The van der Waals surface area contributed by atoms with Crippen molar-refractivity contribution in [2.24, 2.45) is 0 Å². The number of sulfonamides is 1. The summed E-state index contributed by atoms with van der Waals surface area (Å²) in [6, 6.07) is 12.5. The number of rotatable bonds is 9. The van der Waals surface area contributed by atoms with Crippen LogP contribution < -0.4 is 10.1 Å². The van der Waals surface area contributed by atoms with Crippen molar-refractivity contribution in [3.05, 3.63) is 78.2 Å². The molecule has 0 spiro atoms. The SMILES string of the molecule is CC(=O)c1ccc(S(=O)(=O)N(C)CC(=O)Nc2ncccc2OCc2ccncc2)cc1. The van der Waals surface area contributed by atoms with Gasteiger partial charge in [0.1, 0.15) is 6.61 Å². The normalized spacial score (nSPS) is 11.2. The van der Waals surface area contributed by atoms with Crippen molar-refractivity contribution in [3.63, 3.8) is 0 Å². The Kier molecular flexibility index (Phi) is 7.29. The number of ketones is 1. The summed E-state index contributed by atoms with van der Waals surface area (Å²) in [5, 5.41) is 2.59. The van der Waals surface area contributed by atoms with Crippen LogP contribution in [0.3, 0.4) is 0 Å². The van der Waals surface area contributed by atoms with Gasteiger partial charge in [-0.25, -0.2) is 13.4 Å². The molecule has 0 radical (unpaired) electrons. The second-order valence-corrected chi connectivity index (χ2v) is 8.93. The molecule has 0 saturated carbocycles. The van der Waals surface area contributed by atoms with Gasteiger partial charge < -0.3 is 10.1 Å². The number of nitrogens with zero attached hydrogens (tertiary/aromatic N) is 3. The van der Waals surface area contributed by atoms with E-state index in [-0.39, 0.29) is 23.1 Å². The highest BCUT2D eigenvalue weighted by Crippen LogP contribution is 2.22. The summed E-state index contributed by atoms with van der Waals surface area (Å²) in [4.78, 5) is 31.9. The van der Waals surface area contributed by atoms with E-state index < -0.39 is 22.5 Å². The number of likely N-dealkylation sites (N-methyl/N-ethyl adjacent to an activating group) is 1. The van der Waals surface area contributed by atoms with Crippen LogP contribution in [0.4, 0.5) is 5.82 Å². The maximum Gasteiger partial charge on any atom is 0.243 e. The van der Waals surface area contributed by atoms with Gasteiger partial charge in [-0.3, -0.25) is 14.6 Å². The monoisotopic (exact) mass is 454 g/mol. The summed E-state index contributed by atoms with van der Waals surface area (Å²) in [6.07, 6.45) is 4.79. The van der Waals surface area contributed by atoms with Crippen molar-refractivity contribution < 1.29 is 22.7 Å². The maximum atomic E-state index is 12.7. The number of ether oxygens (including phenoxy) is 1. The zero-order valence-corrected chi connectivity index (χ0v) is 18.4. The van der Waals surface area contributed by atoms with Crippen LogP contribution in [0.15, 0.2) is 72.0 Å². The quantitative estimate of drug-likeness (QED) is 0.494. The molecule has 0 saturated heterocycles. The van der Waals surface area contributed by atoms with Crippen LogP contribution in [0.2, 0.25) is 0 Å². The molecular weight excluding hydrogens is 432 g/mol. The Balaban J connectivity index is 1.65. The van der Waals surface area contributed by atoms with Gasteiger partial charge in [-0.2, -0.15) is 4.31 Å². The minimum absolute atomic E-state index is 0.0167. The Morgan fingerprint density at radius 1 is 1.03 bits per heavy atom. The number of hydrogen-bond donors (Lipinski definition) is 1. The van der Waals surface area contributed by atoms with Crippen LogP contribution in [-0.2, 0) is 21.4 Å². The highest BCUT2D eigenvalue weighted by Gasteiger charge is 2.23. The third-order valence-electron chi connectivity index (χ3n) is 4.51. The Bertz CT molecular complexity index is 1200. The van der Waals surface area contributed by atoms with Gasteiger partial charge in [0.05, 0.1) is 11.4 Å². The Morgan fingerprint density at radius 3 is 2.38 bits per heavy atom. The minimum atomic E-state index is -3.92. The molecule has 0 fully saturated rings. The zero-order chi connectivity index (χ0) is 23.1. The summed E-state index contributed by atoms with van der Waals surface area (Å²) in [5.41, 5.74) is 1.29. The third-order valence-corrected chi connectivity index (χ3v) is 6.33. The van der Waals surface area contributed by atoms with Gasteiger partial charge in [-0.15, -0.1) is 0 Å². The first-order valence-corrected chi connectivity index (χ1v) is 11.1. The molecule has 2 heterocycles. The Morgan fingerprint density at radius 2 is 1.72 bits per heavy atom. The van der Waals surface area contributed by atoms with Gasteiger partial charge in [0.2, 0.25) is 15.9 Å². The van der Waals surface area contributed by atoms with Crippen LogP contribution in [0, 0.1) is 0 Å². The van der Waals surface area contributed by atoms with Crippen LogP contribution >= 0.6 is 0 Å². The van der Waals surface area contributed by atoms with Crippen molar-refractivity contribution in [3.8, 4) is 5.75 Å². The zero-order valence-electron chi connectivity index (χ0n) is 17.6. The maximum absolute atomic E-state index is 12.7. The van der Waals surface area contributed by atoms with Gasteiger partial charge in [-0.05, 0) is 48.9 Å². The molecule has 0 bridgehead atoms. The number of benzene rings is 1. The second-order valence-electron chi connectivity index (χ2n) is 6.88. The summed E-state index contributed by atoms with van der Waals surface area (Å²) in [7, 11) is -2.62. The lowest BCUT2D eigenvalue weighted by Gasteiger charge is -2.17. The minimum Gasteiger partial charge on any atom is -0.485 e. The van der Waals surface area contributed by atoms with Crippen LogP contribution in [0.25, 0.3) is 0 Å². The van der Waals surface area contributed by atoms with Crippen LogP contribution in [0.5, 0.6) is 5.75 Å². The molecule has 1 amide bonds. The fourth-order valence-corrected chi connectivity index (χ4v) is 3.87. The highest BCUT2D eigenvalue weighted by atomic mass is 32.2. The largest absolute Gasteiger partial charge is 0.485 e. The predicted molar refractivity (Wildman–Crippen MR) is 118 cm³/mol. The molecule has 0 aliphatic heterocycles. The lowest BCUT2D eigenvalue weighted by atomic mass is 10.2. The molecule has 32 heavy (non-hydrogen) atoms. The Hall–Kier alpha value is -3.63. The van der Waals surface area contributed by atoms with Crippen molar-refractivity contribution in [2.75, 3.05) is 18.9 Å². The average Bonchev–Trinajstić information content (AvgIpc) is 2.79. The van der Waals surface area contributed by atoms with Crippen molar-refractivity contribution >= 4 is 27.5 Å². The van der Waals surface area contributed by atoms with E-state index in [4.69, 9.17) is 4.74 Å². The van der Waals surface area contributed by atoms with E-state index in [9.17, 15) is 18.0 Å². The summed E-state index contributed by atoms with van der Waals surface area (Å²) < 4.78 is 32.1. The number of carbonyl (C=O) groups is 2. The van der Waals surface area contributed by atoms with Gasteiger partial charge in [0, 0.05) is 31.2 Å². The molecule has 0 atom stereocenters. The van der Waals surface area contributed by atoms with E-state index in [0.717, 1.165) is 9.87 Å². The van der Waals surface area contributed by atoms with Crippen molar-refractivity contribution in [2.45, 2.75) is 18.4 Å². The van der Waals surface area contributed by atoms with E-state index in [1.807, 2.05) is 0 Å². The summed E-state index contributed by atoms with van der Waals surface area (Å²) in [5.74, 6) is -0.214. The summed E-state index contributed by atoms with van der Waals surface area (Å²) >= 11 is 0. The molecule has 10 heteroatoms. The number of anilines is 1. The number of Topliss-reactive ketones (excluding diaryl/α,β-unsaturated/α-hetero) is 1. The molecule has 1 N–H and O–H groups in total. The van der Waals surface area contributed by atoms with Crippen LogP contribution in [0.1, 0.15) is 22.8 Å². The molecule has 3 rings (SSSR count). The van der Waals surface area contributed by atoms with Gasteiger partial charge in [0.15, 0.2) is 17.4 Å². The van der Waals surface area contributed by atoms with Gasteiger partial charge in [0.25, 0.3) is 0 Å². The fourth-order valence-electron chi connectivity index (χ4n) is 2.74.